The molecule has 2 aromatic carbocycles. The molecule has 0 heterocycles. The van der Waals surface area contributed by atoms with Crippen LogP contribution in [0.5, 0.6) is 5.75 Å². The second-order valence-corrected chi connectivity index (χ2v) is 14.8. The van der Waals surface area contributed by atoms with Gasteiger partial charge in [0.1, 0.15) is 5.82 Å². The molecule has 3 aliphatic rings. The van der Waals surface area contributed by atoms with Crippen molar-refractivity contribution in [2.75, 3.05) is 6.61 Å². The lowest BCUT2D eigenvalue weighted by Crippen LogP contribution is -2.25. The Kier molecular flexibility index (Phi) is 13.4. The highest BCUT2D eigenvalue weighted by Crippen LogP contribution is 2.45. The van der Waals surface area contributed by atoms with E-state index in [2.05, 4.69) is 26.0 Å². The number of unbranched alkanes of at least 4 members (excludes halogenated alkanes) is 6. The molecule has 0 bridgehead atoms. The first-order chi connectivity index (χ1) is 22.1. The smallest absolute Gasteiger partial charge is 0.165 e. The molecule has 5 rings (SSSR count). The van der Waals surface area contributed by atoms with Gasteiger partial charge in [0.25, 0.3) is 0 Å². The molecule has 0 spiro atoms. The second-order valence-electron chi connectivity index (χ2n) is 14.8. The van der Waals surface area contributed by atoms with Gasteiger partial charge >= 0.3 is 0 Å². The fraction of sp³-hybridized carbons (Fsp3) is 0.667. The summed E-state index contributed by atoms with van der Waals surface area (Å²) in [4.78, 5) is 0. The van der Waals surface area contributed by atoms with Crippen molar-refractivity contribution < 1.29 is 13.5 Å². The number of halogens is 2. The van der Waals surface area contributed by atoms with E-state index in [9.17, 15) is 4.39 Å². The molecule has 0 aromatic heterocycles. The zero-order valence-corrected chi connectivity index (χ0v) is 28.4. The molecule has 1 atom stereocenters. The maximum Gasteiger partial charge on any atom is 0.165 e. The van der Waals surface area contributed by atoms with Crippen molar-refractivity contribution in [1.82, 2.24) is 0 Å². The quantitative estimate of drug-likeness (QED) is 0.180. The number of ether oxygens (including phenoxy) is 1. The molecule has 0 N–H and O–H groups in total. The van der Waals surface area contributed by atoms with Crippen molar-refractivity contribution in [3.63, 3.8) is 0 Å². The van der Waals surface area contributed by atoms with E-state index >= 15 is 4.39 Å². The van der Waals surface area contributed by atoms with E-state index in [0.29, 0.717) is 18.3 Å². The summed E-state index contributed by atoms with van der Waals surface area (Å²) in [5, 5.41) is 0. The van der Waals surface area contributed by atoms with Crippen LogP contribution in [0.3, 0.4) is 0 Å². The number of rotatable bonds is 15. The Hall–Kier alpha value is -2.16. The largest absolute Gasteiger partial charge is 0.491 e. The van der Waals surface area contributed by atoms with Crippen LogP contribution in [0.4, 0.5) is 8.78 Å². The summed E-state index contributed by atoms with van der Waals surface area (Å²) in [6, 6.07) is 11.5. The number of benzene rings is 2. The molecular formula is C42H60F2O. The minimum Gasteiger partial charge on any atom is -0.491 e. The van der Waals surface area contributed by atoms with E-state index in [1.54, 1.807) is 12.1 Å². The summed E-state index contributed by atoms with van der Waals surface area (Å²) in [7, 11) is 0. The van der Waals surface area contributed by atoms with Gasteiger partial charge in [-0.15, -0.1) is 0 Å². The summed E-state index contributed by atoms with van der Waals surface area (Å²) in [5.41, 5.74) is 4.07. The predicted molar refractivity (Wildman–Crippen MR) is 186 cm³/mol. The van der Waals surface area contributed by atoms with Crippen LogP contribution < -0.4 is 4.74 Å². The molecule has 0 aliphatic heterocycles. The van der Waals surface area contributed by atoms with E-state index in [-0.39, 0.29) is 17.6 Å². The Bertz CT molecular complexity index is 1200. The van der Waals surface area contributed by atoms with Gasteiger partial charge < -0.3 is 4.74 Å². The third-order valence-electron chi connectivity index (χ3n) is 11.7. The van der Waals surface area contributed by atoms with E-state index in [0.717, 1.165) is 66.6 Å². The van der Waals surface area contributed by atoms with Crippen LogP contribution in [0.1, 0.15) is 171 Å². The average Bonchev–Trinajstić information content (AvgIpc) is 3.07. The van der Waals surface area contributed by atoms with Crippen molar-refractivity contribution in [1.29, 1.82) is 0 Å². The maximum absolute atomic E-state index is 15.5. The molecule has 45 heavy (non-hydrogen) atoms. The normalized spacial score (nSPS) is 25.6. The Labute approximate surface area is 273 Å². The summed E-state index contributed by atoms with van der Waals surface area (Å²) in [6.45, 7) is 4.95. The van der Waals surface area contributed by atoms with Gasteiger partial charge in [-0.05, 0) is 129 Å². The Morgan fingerprint density at radius 3 is 1.96 bits per heavy atom. The van der Waals surface area contributed by atoms with E-state index in [1.165, 1.54) is 102 Å². The first kappa shape index (κ1) is 34.2. The van der Waals surface area contributed by atoms with Gasteiger partial charge in [-0.3, -0.25) is 0 Å². The molecule has 2 saturated carbocycles. The van der Waals surface area contributed by atoms with Crippen LogP contribution in [0.25, 0.3) is 5.57 Å². The standard InChI is InChI=1S/C42H60F2O/c1-3-5-7-8-9-10-11-31-12-14-32(15-13-31)33-16-18-34(19-17-33)37-24-26-39(40(43)29-37)36-22-20-35(21-23-36)38-25-27-42(41(44)30-38)45-28-6-4-2/h22,24-27,29-35H,3-21,23,28H2,1-2H3. The van der Waals surface area contributed by atoms with Crippen LogP contribution in [-0.2, 0) is 0 Å². The van der Waals surface area contributed by atoms with Gasteiger partial charge in [-0.1, -0.05) is 102 Å². The third-order valence-corrected chi connectivity index (χ3v) is 11.7. The van der Waals surface area contributed by atoms with Crippen molar-refractivity contribution in [2.45, 2.75) is 154 Å². The number of allylic oxidation sites excluding steroid dienone is 2. The van der Waals surface area contributed by atoms with Crippen molar-refractivity contribution in [2.24, 2.45) is 17.8 Å². The summed E-state index contributed by atoms with van der Waals surface area (Å²) in [5.74, 6) is 3.57. The average molecular weight is 619 g/mol. The van der Waals surface area contributed by atoms with E-state index in [1.807, 2.05) is 18.2 Å². The molecular weight excluding hydrogens is 558 g/mol. The lowest BCUT2D eigenvalue weighted by Gasteiger charge is -2.38. The topological polar surface area (TPSA) is 9.23 Å². The third kappa shape index (κ3) is 9.68. The second kappa shape index (κ2) is 17.7. The van der Waals surface area contributed by atoms with Gasteiger partial charge in [-0.2, -0.15) is 0 Å². The van der Waals surface area contributed by atoms with E-state index < -0.39 is 0 Å². The highest BCUT2D eigenvalue weighted by Gasteiger charge is 2.31. The molecule has 3 aliphatic carbocycles. The number of hydrogen-bond donors (Lipinski definition) is 0. The molecule has 0 radical (unpaired) electrons. The maximum atomic E-state index is 15.5. The molecule has 0 saturated heterocycles. The highest BCUT2D eigenvalue weighted by molar-refractivity contribution is 5.67. The molecule has 2 aromatic rings. The van der Waals surface area contributed by atoms with E-state index in [4.69, 9.17) is 4.74 Å². The van der Waals surface area contributed by atoms with Gasteiger partial charge in [-0.25, -0.2) is 8.78 Å². The monoisotopic (exact) mass is 618 g/mol. The first-order valence-electron chi connectivity index (χ1n) is 19.0. The summed E-state index contributed by atoms with van der Waals surface area (Å²) >= 11 is 0. The van der Waals surface area contributed by atoms with Gasteiger partial charge in [0.05, 0.1) is 6.61 Å². The molecule has 0 amide bonds. The van der Waals surface area contributed by atoms with Crippen molar-refractivity contribution in [3.8, 4) is 5.75 Å². The molecule has 1 nitrogen and oxygen atoms in total. The Morgan fingerprint density at radius 1 is 0.644 bits per heavy atom. The lowest BCUT2D eigenvalue weighted by molar-refractivity contribution is 0.155. The molecule has 248 valence electrons. The fourth-order valence-electron chi connectivity index (χ4n) is 8.73. The van der Waals surface area contributed by atoms with Gasteiger partial charge in [0, 0.05) is 5.56 Å². The van der Waals surface area contributed by atoms with Crippen LogP contribution in [0.15, 0.2) is 42.5 Å². The van der Waals surface area contributed by atoms with Crippen LogP contribution in [0.2, 0.25) is 0 Å². The first-order valence-corrected chi connectivity index (χ1v) is 19.0. The molecule has 3 heteroatoms. The Morgan fingerprint density at radius 2 is 1.29 bits per heavy atom. The van der Waals surface area contributed by atoms with Crippen LogP contribution in [0, 0.1) is 29.4 Å². The molecule has 1 unspecified atom stereocenters. The summed E-state index contributed by atoms with van der Waals surface area (Å²) < 4.78 is 35.7. The fourth-order valence-corrected chi connectivity index (χ4v) is 8.73. The van der Waals surface area contributed by atoms with Gasteiger partial charge in [0.15, 0.2) is 11.6 Å². The highest BCUT2D eigenvalue weighted by atomic mass is 19.1. The lowest BCUT2D eigenvalue weighted by atomic mass is 9.68. The summed E-state index contributed by atoms with van der Waals surface area (Å²) in [6.07, 6.45) is 27.5. The zero-order chi connectivity index (χ0) is 31.4. The zero-order valence-electron chi connectivity index (χ0n) is 28.4. The van der Waals surface area contributed by atoms with Crippen LogP contribution >= 0.6 is 0 Å². The van der Waals surface area contributed by atoms with Gasteiger partial charge in [0.2, 0.25) is 0 Å². The number of hydrogen-bond acceptors (Lipinski definition) is 1. The Balaban J connectivity index is 1.06. The predicted octanol–water partition coefficient (Wildman–Crippen LogP) is 13.3. The van der Waals surface area contributed by atoms with Crippen molar-refractivity contribution in [3.05, 3.63) is 70.8 Å². The van der Waals surface area contributed by atoms with Crippen LogP contribution in [-0.4, -0.2) is 6.61 Å². The minimum absolute atomic E-state index is 0.0670. The minimum atomic E-state index is -0.278. The molecule has 2 fully saturated rings. The van der Waals surface area contributed by atoms with Crippen molar-refractivity contribution >= 4 is 5.57 Å². The SMILES string of the molecule is CCCCCCCCC1CCC(C2CCC(c3ccc(C4=CCC(c5ccc(OCCCC)c(F)c5)CC4)c(F)c3)CC2)CC1.